The molecule has 21 heavy (non-hydrogen) atoms. The fourth-order valence-electron chi connectivity index (χ4n) is 2.48. The Labute approximate surface area is 122 Å². The number of nitrogen functional groups attached to an aromatic ring is 1. The topological polar surface area (TPSA) is 57.2 Å². The van der Waals surface area contributed by atoms with Crippen LogP contribution in [0.15, 0.2) is 59.4 Å². The van der Waals surface area contributed by atoms with Crippen LogP contribution in [0.3, 0.4) is 0 Å². The van der Waals surface area contributed by atoms with Gasteiger partial charge in [0.25, 0.3) is 5.56 Å². The van der Waals surface area contributed by atoms with Crippen molar-refractivity contribution in [1.29, 1.82) is 0 Å². The van der Waals surface area contributed by atoms with Gasteiger partial charge in [-0.2, -0.15) is 0 Å². The Balaban J connectivity index is 2.12. The molecular formula is C17H16N2O2. The highest BCUT2D eigenvalue weighted by Crippen LogP contribution is 2.20. The van der Waals surface area contributed by atoms with Crippen LogP contribution in [-0.4, -0.2) is 11.7 Å². The number of ether oxygens (including phenoxy) is 1. The van der Waals surface area contributed by atoms with Crippen LogP contribution >= 0.6 is 0 Å². The summed E-state index contributed by atoms with van der Waals surface area (Å²) >= 11 is 0. The lowest BCUT2D eigenvalue weighted by molar-refractivity contribution is 0.414. The average Bonchev–Trinajstić information content (AvgIpc) is 2.49. The number of hydrogen-bond donors (Lipinski definition) is 1. The van der Waals surface area contributed by atoms with Gasteiger partial charge >= 0.3 is 0 Å². The van der Waals surface area contributed by atoms with Crippen LogP contribution in [0, 0.1) is 0 Å². The Kier molecular flexibility index (Phi) is 3.36. The Hall–Kier alpha value is -2.75. The minimum Gasteiger partial charge on any atom is -0.497 e. The van der Waals surface area contributed by atoms with Gasteiger partial charge in [-0.05, 0) is 35.2 Å². The summed E-state index contributed by atoms with van der Waals surface area (Å²) < 4.78 is 6.96. The zero-order chi connectivity index (χ0) is 14.8. The van der Waals surface area contributed by atoms with Crippen LogP contribution in [0.2, 0.25) is 0 Å². The molecule has 0 aliphatic rings. The predicted octanol–water partition coefficient (Wildman–Crippen LogP) is 2.64. The van der Waals surface area contributed by atoms with Gasteiger partial charge < -0.3 is 15.0 Å². The number of methoxy groups -OCH3 is 1. The molecule has 2 N–H and O–H groups in total. The summed E-state index contributed by atoms with van der Waals surface area (Å²) in [5, 5.41) is 1.04. The number of nitrogens with two attached hydrogens (primary N) is 1. The second kappa shape index (κ2) is 5.32. The standard InChI is InChI=1S/C17H16N2O2/c1-21-15-9-12(8-14(18)10-15)11-19-16-5-3-2-4-13(16)6-7-17(19)20/h2-10H,11,18H2,1H3. The Morgan fingerprint density at radius 1 is 1.10 bits per heavy atom. The highest BCUT2D eigenvalue weighted by atomic mass is 16.5. The van der Waals surface area contributed by atoms with Gasteiger partial charge in [-0.15, -0.1) is 0 Å². The number of anilines is 1. The van der Waals surface area contributed by atoms with E-state index in [0.717, 1.165) is 16.5 Å². The normalized spacial score (nSPS) is 10.7. The molecule has 0 bridgehead atoms. The number of hydrogen-bond acceptors (Lipinski definition) is 3. The van der Waals surface area contributed by atoms with Crippen LogP contribution in [0.4, 0.5) is 5.69 Å². The first-order valence-corrected chi connectivity index (χ1v) is 6.69. The lowest BCUT2D eigenvalue weighted by atomic mass is 10.1. The van der Waals surface area contributed by atoms with E-state index in [9.17, 15) is 4.79 Å². The van der Waals surface area contributed by atoms with Crippen molar-refractivity contribution >= 4 is 16.6 Å². The maximum atomic E-state index is 12.2. The summed E-state index contributed by atoms with van der Waals surface area (Å²) in [6, 6.07) is 16.8. The Morgan fingerprint density at radius 3 is 2.71 bits per heavy atom. The number of nitrogens with zero attached hydrogens (tertiary/aromatic N) is 1. The molecule has 0 unspecified atom stereocenters. The summed E-state index contributed by atoms with van der Waals surface area (Å²) in [7, 11) is 1.60. The van der Waals surface area contributed by atoms with Gasteiger partial charge in [0.15, 0.2) is 0 Å². The minimum atomic E-state index is -0.0323. The van der Waals surface area contributed by atoms with E-state index in [-0.39, 0.29) is 5.56 Å². The third kappa shape index (κ3) is 2.60. The first kappa shape index (κ1) is 13.2. The van der Waals surface area contributed by atoms with Gasteiger partial charge in [-0.25, -0.2) is 0 Å². The van der Waals surface area contributed by atoms with Gasteiger partial charge in [0.1, 0.15) is 5.75 Å². The maximum Gasteiger partial charge on any atom is 0.251 e. The Bertz CT molecular complexity index is 853. The zero-order valence-corrected chi connectivity index (χ0v) is 11.7. The molecule has 3 rings (SSSR count). The van der Waals surface area contributed by atoms with Gasteiger partial charge in [0, 0.05) is 17.8 Å². The summed E-state index contributed by atoms with van der Waals surface area (Å²) in [4.78, 5) is 12.2. The molecule has 4 nitrogen and oxygen atoms in total. The number of para-hydroxylation sites is 1. The van der Waals surface area contributed by atoms with Crippen molar-refractivity contribution < 1.29 is 4.74 Å². The summed E-state index contributed by atoms with van der Waals surface area (Å²) in [5.74, 6) is 0.693. The van der Waals surface area contributed by atoms with E-state index in [0.29, 0.717) is 18.0 Å². The maximum absolute atomic E-state index is 12.2. The highest BCUT2D eigenvalue weighted by Gasteiger charge is 2.05. The monoisotopic (exact) mass is 280 g/mol. The number of aromatic nitrogens is 1. The lowest BCUT2D eigenvalue weighted by Crippen LogP contribution is -2.19. The molecule has 4 heteroatoms. The molecule has 1 aromatic heterocycles. The molecule has 0 aliphatic heterocycles. The quantitative estimate of drug-likeness (QED) is 0.750. The molecule has 0 spiro atoms. The zero-order valence-electron chi connectivity index (χ0n) is 11.7. The second-order valence-electron chi connectivity index (χ2n) is 4.93. The van der Waals surface area contributed by atoms with Crippen LogP contribution in [0.1, 0.15) is 5.56 Å². The number of pyridine rings is 1. The molecule has 0 saturated heterocycles. The molecule has 0 radical (unpaired) electrons. The molecular weight excluding hydrogens is 264 g/mol. The van der Waals surface area contributed by atoms with Gasteiger partial charge in [0.2, 0.25) is 0 Å². The van der Waals surface area contributed by atoms with Crippen molar-refractivity contribution in [2.75, 3.05) is 12.8 Å². The molecule has 0 aliphatic carbocycles. The molecule has 0 fully saturated rings. The Morgan fingerprint density at radius 2 is 1.90 bits per heavy atom. The summed E-state index contributed by atoms with van der Waals surface area (Å²) in [6.45, 7) is 0.460. The van der Waals surface area contributed by atoms with E-state index in [1.165, 1.54) is 0 Å². The predicted molar refractivity (Wildman–Crippen MR) is 84.7 cm³/mol. The van der Waals surface area contributed by atoms with E-state index in [4.69, 9.17) is 10.5 Å². The molecule has 0 atom stereocenters. The molecule has 106 valence electrons. The van der Waals surface area contributed by atoms with Crippen LogP contribution in [-0.2, 0) is 6.54 Å². The van der Waals surface area contributed by atoms with Crippen molar-refractivity contribution in [2.24, 2.45) is 0 Å². The molecule has 0 saturated carbocycles. The van der Waals surface area contributed by atoms with E-state index in [1.807, 2.05) is 42.5 Å². The molecule has 1 heterocycles. The van der Waals surface area contributed by atoms with Crippen molar-refractivity contribution in [1.82, 2.24) is 4.57 Å². The van der Waals surface area contributed by atoms with Crippen LogP contribution in [0.25, 0.3) is 10.9 Å². The molecule has 3 aromatic rings. The number of rotatable bonds is 3. The summed E-state index contributed by atoms with van der Waals surface area (Å²) in [5.41, 5.74) is 8.31. The largest absolute Gasteiger partial charge is 0.497 e. The molecule has 0 amide bonds. The van der Waals surface area contributed by atoms with Gasteiger partial charge in [-0.1, -0.05) is 18.2 Å². The van der Waals surface area contributed by atoms with E-state index in [2.05, 4.69) is 0 Å². The lowest BCUT2D eigenvalue weighted by Gasteiger charge is -2.11. The fourth-order valence-corrected chi connectivity index (χ4v) is 2.48. The van der Waals surface area contributed by atoms with E-state index >= 15 is 0 Å². The number of fused-ring (bicyclic) bond motifs is 1. The van der Waals surface area contributed by atoms with Gasteiger partial charge in [0.05, 0.1) is 19.2 Å². The smallest absolute Gasteiger partial charge is 0.251 e. The average molecular weight is 280 g/mol. The fraction of sp³-hybridized carbons (Fsp3) is 0.118. The van der Waals surface area contributed by atoms with E-state index < -0.39 is 0 Å². The van der Waals surface area contributed by atoms with Gasteiger partial charge in [-0.3, -0.25) is 4.79 Å². The number of benzene rings is 2. The van der Waals surface area contributed by atoms with E-state index in [1.54, 1.807) is 23.8 Å². The van der Waals surface area contributed by atoms with Crippen molar-refractivity contribution in [3.8, 4) is 5.75 Å². The first-order valence-electron chi connectivity index (χ1n) is 6.69. The summed E-state index contributed by atoms with van der Waals surface area (Å²) in [6.07, 6.45) is 0. The minimum absolute atomic E-state index is 0.0323. The van der Waals surface area contributed by atoms with Crippen molar-refractivity contribution in [3.63, 3.8) is 0 Å². The van der Waals surface area contributed by atoms with Crippen LogP contribution in [0.5, 0.6) is 5.75 Å². The third-order valence-corrected chi connectivity index (χ3v) is 3.46. The third-order valence-electron chi connectivity index (χ3n) is 3.46. The first-order chi connectivity index (χ1) is 10.2. The van der Waals surface area contributed by atoms with Crippen molar-refractivity contribution in [2.45, 2.75) is 6.54 Å². The molecule has 2 aromatic carbocycles. The van der Waals surface area contributed by atoms with Crippen molar-refractivity contribution in [3.05, 3.63) is 70.5 Å². The SMILES string of the molecule is COc1cc(N)cc(Cn2c(=O)ccc3ccccc32)c1. The van der Waals surface area contributed by atoms with Crippen LogP contribution < -0.4 is 16.0 Å². The second-order valence-corrected chi connectivity index (χ2v) is 4.93. The highest BCUT2D eigenvalue weighted by molar-refractivity contribution is 5.78.